The summed E-state index contributed by atoms with van der Waals surface area (Å²) >= 11 is 0. The lowest BCUT2D eigenvalue weighted by molar-refractivity contribution is -0.172. The molecule has 0 bridgehead atoms. The van der Waals surface area contributed by atoms with Gasteiger partial charge in [-0.1, -0.05) is 12.1 Å². The van der Waals surface area contributed by atoms with Gasteiger partial charge in [0.2, 0.25) is 6.29 Å². The van der Waals surface area contributed by atoms with Crippen molar-refractivity contribution in [1.82, 2.24) is 0 Å². The number of ether oxygens (including phenoxy) is 1. The maximum atomic E-state index is 11.0. The predicted octanol–water partition coefficient (Wildman–Crippen LogP) is 1.35. The highest BCUT2D eigenvalue weighted by atomic mass is 16.8. The van der Waals surface area contributed by atoms with Crippen molar-refractivity contribution in [2.45, 2.75) is 33.5 Å². The fourth-order valence-electron chi connectivity index (χ4n) is 1.22. The summed E-state index contributed by atoms with van der Waals surface area (Å²) in [4.78, 5) is 16.0. The molecule has 1 rings (SSSR count). The number of carbonyl (C=O) groups excluding carboxylic acids is 1. The lowest BCUT2D eigenvalue weighted by atomic mass is 10.0. The van der Waals surface area contributed by atoms with Crippen molar-refractivity contribution in [3.63, 3.8) is 0 Å². The van der Waals surface area contributed by atoms with Crippen molar-refractivity contribution >= 4 is 11.5 Å². The summed E-state index contributed by atoms with van der Waals surface area (Å²) in [6.45, 7) is 5.98. The average molecular weight is 185 g/mol. The highest BCUT2D eigenvalue weighted by molar-refractivity contribution is 6.38. The monoisotopic (exact) mass is 185 g/mol. The average Bonchev–Trinajstić information content (AvgIpc) is 2.08. The van der Waals surface area contributed by atoms with Crippen molar-refractivity contribution in [3.8, 4) is 0 Å². The van der Waals surface area contributed by atoms with Gasteiger partial charge in [0.25, 0.3) is 0 Å². The first-order valence-electron chi connectivity index (χ1n) is 4.50. The summed E-state index contributed by atoms with van der Waals surface area (Å²) in [5.41, 5.74) is 0.503. The van der Waals surface area contributed by atoms with E-state index in [1.54, 1.807) is 0 Å². The van der Waals surface area contributed by atoms with E-state index in [4.69, 9.17) is 9.57 Å². The molecular weight excluding hydrogens is 170 g/mol. The summed E-state index contributed by atoms with van der Waals surface area (Å²) in [5.74, 6) is 0.165. The predicted molar refractivity (Wildman–Crippen MR) is 48.4 cm³/mol. The van der Waals surface area contributed by atoms with Crippen LogP contribution >= 0.6 is 0 Å². The van der Waals surface area contributed by atoms with Gasteiger partial charge in [0.1, 0.15) is 5.71 Å². The molecule has 4 nitrogen and oxygen atoms in total. The molecule has 0 amide bonds. The standard InChI is InChI=1S/C9H15NO3/c1-4-12-9-6(2)5-8(7(3)11)10-13-9/h6,9H,4-5H2,1-3H3. The second-order valence-corrected chi connectivity index (χ2v) is 3.20. The summed E-state index contributed by atoms with van der Waals surface area (Å²) in [5, 5.41) is 3.72. The minimum absolute atomic E-state index is 0.0261. The molecule has 0 aromatic rings. The Kier molecular flexibility index (Phi) is 3.42. The summed E-state index contributed by atoms with van der Waals surface area (Å²) in [7, 11) is 0. The number of oxime groups is 1. The van der Waals surface area contributed by atoms with Crippen molar-refractivity contribution < 1.29 is 14.4 Å². The molecule has 0 radical (unpaired) electrons. The zero-order valence-electron chi connectivity index (χ0n) is 8.24. The third kappa shape index (κ3) is 2.52. The molecule has 13 heavy (non-hydrogen) atoms. The molecule has 0 fully saturated rings. The van der Waals surface area contributed by atoms with Crippen LogP contribution in [-0.2, 0) is 14.4 Å². The van der Waals surface area contributed by atoms with Gasteiger partial charge in [-0.3, -0.25) is 4.79 Å². The number of carbonyl (C=O) groups is 1. The molecule has 0 N–H and O–H groups in total. The molecule has 1 aliphatic rings. The second kappa shape index (κ2) is 4.37. The van der Waals surface area contributed by atoms with Gasteiger partial charge in [0.05, 0.1) is 0 Å². The fourth-order valence-corrected chi connectivity index (χ4v) is 1.22. The minimum Gasteiger partial charge on any atom is -0.363 e. The molecule has 1 heterocycles. The SMILES string of the molecule is CCOC1ON=C(C(C)=O)CC1C. The highest BCUT2D eigenvalue weighted by Gasteiger charge is 2.27. The van der Waals surface area contributed by atoms with E-state index in [-0.39, 0.29) is 18.0 Å². The summed E-state index contributed by atoms with van der Waals surface area (Å²) in [6, 6.07) is 0. The Bertz CT molecular complexity index is 225. The molecule has 0 aromatic carbocycles. The molecule has 74 valence electrons. The molecular formula is C9H15NO3. The first-order valence-corrected chi connectivity index (χ1v) is 4.50. The van der Waals surface area contributed by atoms with Crippen LogP contribution in [0.5, 0.6) is 0 Å². The molecule has 0 aliphatic carbocycles. The zero-order valence-corrected chi connectivity index (χ0v) is 8.24. The lowest BCUT2D eigenvalue weighted by Crippen LogP contribution is -2.32. The molecule has 0 aromatic heterocycles. The summed E-state index contributed by atoms with van der Waals surface area (Å²) < 4.78 is 5.28. The minimum atomic E-state index is -0.298. The van der Waals surface area contributed by atoms with Crippen molar-refractivity contribution in [3.05, 3.63) is 0 Å². The number of ketones is 1. The van der Waals surface area contributed by atoms with Gasteiger partial charge in [0.15, 0.2) is 5.78 Å². The normalized spacial score (nSPS) is 27.8. The van der Waals surface area contributed by atoms with Crippen LogP contribution in [0, 0.1) is 5.92 Å². The van der Waals surface area contributed by atoms with Crippen molar-refractivity contribution in [1.29, 1.82) is 0 Å². The van der Waals surface area contributed by atoms with Gasteiger partial charge in [-0.25, -0.2) is 0 Å². The van der Waals surface area contributed by atoms with E-state index in [1.807, 2.05) is 13.8 Å². The second-order valence-electron chi connectivity index (χ2n) is 3.20. The van der Waals surface area contributed by atoms with Gasteiger partial charge >= 0.3 is 0 Å². The Morgan fingerprint density at radius 3 is 2.92 bits per heavy atom. The maximum Gasteiger partial charge on any atom is 0.229 e. The Hall–Kier alpha value is -0.900. The van der Waals surface area contributed by atoms with Crippen LogP contribution in [0.3, 0.4) is 0 Å². The van der Waals surface area contributed by atoms with Gasteiger partial charge in [-0.15, -0.1) is 0 Å². The molecule has 2 atom stereocenters. The molecule has 0 spiro atoms. The molecule has 0 saturated heterocycles. The van der Waals surface area contributed by atoms with E-state index in [9.17, 15) is 4.79 Å². The van der Waals surface area contributed by atoms with E-state index >= 15 is 0 Å². The molecule has 4 heteroatoms. The van der Waals surface area contributed by atoms with Gasteiger partial charge in [-0.2, -0.15) is 0 Å². The topological polar surface area (TPSA) is 47.9 Å². The Balaban J connectivity index is 2.57. The third-order valence-electron chi connectivity index (χ3n) is 1.98. The van der Waals surface area contributed by atoms with Crippen LogP contribution in [0.15, 0.2) is 5.16 Å². The first kappa shape index (κ1) is 10.2. The zero-order chi connectivity index (χ0) is 9.84. The molecule has 1 aliphatic heterocycles. The largest absolute Gasteiger partial charge is 0.363 e. The first-order chi connectivity index (χ1) is 6.15. The van der Waals surface area contributed by atoms with E-state index in [2.05, 4.69) is 5.16 Å². The van der Waals surface area contributed by atoms with Gasteiger partial charge in [-0.05, 0) is 6.92 Å². The number of hydrogen-bond acceptors (Lipinski definition) is 4. The highest BCUT2D eigenvalue weighted by Crippen LogP contribution is 2.19. The number of nitrogens with zero attached hydrogens (tertiary/aromatic N) is 1. The summed E-state index contributed by atoms with van der Waals surface area (Å²) in [6.07, 6.45) is 0.341. The lowest BCUT2D eigenvalue weighted by Gasteiger charge is -2.25. The van der Waals surface area contributed by atoms with Crippen LogP contribution in [0.1, 0.15) is 27.2 Å². The smallest absolute Gasteiger partial charge is 0.229 e. The van der Waals surface area contributed by atoms with E-state index in [0.29, 0.717) is 18.7 Å². The van der Waals surface area contributed by atoms with Crippen LogP contribution in [-0.4, -0.2) is 24.4 Å². The van der Waals surface area contributed by atoms with E-state index in [0.717, 1.165) is 0 Å². The maximum absolute atomic E-state index is 11.0. The van der Waals surface area contributed by atoms with Crippen LogP contribution in [0.2, 0.25) is 0 Å². The van der Waals surface area contributed by atoms with Crippen molar-refractivity contribution in [2.75, 3.05) is 6.61 Å². The fraction of sp³-hybridized carbons (Fsp3) is 0.778. The van der Waals surface area contributed by atoms with Crippen molar-refractivity contribution in [2.24, 2.45) is 11.1 Å². The number of Topliss-reactive ketones (excluding diaryl/α,β-unsaturated/α-hetero) is 1. The van der Waals surface area contributed by atoms with E-state index < -0.39 is 0 Å². The Morgan fingerprint density at radius 1 is 1.77 bits per heavy atom. The Morgan fingerprint density at radius 2 is 2.46 bits per heavy atom. The Labute approximate surface area is 77.9 Å². The van der Waals surface area contributed by atoms with Gasteiger partial charge < -0.3 is 9.57 Å². The van der Waals surface area contributed by atoms with Crippen LogP contribution < -0.4 is 0 Å². The van der Waals surface area contributed by atoms with Crippen LogP contribution in [0.25, 0.3) is 0 Å². The number of rotatable bonds is 3. The van der Waals surface area contributed by atoms with Crippen LogP contribution in [0.4, 0.5) is 0 Å². The number of hydrogen-bond donors (Lipinski definition) is 0. The molecule has 2 unspecified atom stereocenters. The van der Waals surface area contributed by atoms with Gasteiger partial charge in [0, 0.05) is 25.9 Å². The third-order valence-corrected chi connectivity index (χ3v) is 1.98. The van der Waals surface area contributed by atoms with E-state index in [1.165, 1.54) is 6.92 Å². The molecule has 0 saturated carbocycles. The quantitative estimate of drug-likeness (QED) is 0.666.